The van der Waals surface area contributed by atoms with Crippen LogP contribution in [-0.4, -0.2) is 67.3 Å². The number of esters is 1. The van der Waals surface area contributed by atoms with Crippen molar-refractivity contribution in [2.75, 3.05) is 27.4 Å². The van der Waals surface area contributed by atoms with Gasteiger partial charge in [-0.05, 0) is 86.3 Å². The summed E-state index contributed by atoms with van der Waals surface area (Å²) in [6.45, 7) is -0.00616. The van der Waals surface area contributed by atoms with Crippen LogP contribution in [0.15, 0.2) is 42.5 Å². The lowest BCUT2D eigenvalue weighted by molar-refractivity contribution is -0.163. The molecule has 1 saturated carbocycles. The lowest BCUT2D eigenvalue weighted by Gasteiger charge is -2.38. The Labute approximate surface area is 253 Å². The molecule has 0 radical (unpaired) electrons. The summed E-state index contributed by atoms with van der Waals surface area (Å²) in [7, 11) is 3.15. The quantitative estimate of drug-likeness (QED) is 0.316. The first-order chi connectivity index (χ1) is 20.8. The van der Waals surface area contributed by atoms with E-state index in [0.29, 0.717) is 48.6 Å². The number of likely N-dealkylation sites (tertiary alicyclic amines) is 1. The van der Waals surface area contributed by atoms with E-state index in [1.807, 2.05) is 24.3 Å². The molecule has 2 aliphatic rings. The average Bonchev–Trinajstić information content (AvgIpc) is 3.05. The van der Waals surface area contributed by atoms with E-state index >= 15 is 0 Å². The number of piperidine rings is 1. The van der Waals surface area contributed by atoms with Gasteiger partial charge in [0.05, 0.1) is 20.3 Å². The SMILES string of the molecule is COc1ccc(CCC(OC(=O)[C@@H]2CCCCN2C(=O)C(N)C2CCCCC2)c2cccc(OCC(=O)O)c2)cc1OC. The van der Waals surface area contributed by atoms with E-state index in [0.717, 1.165) is 44.1 Å². The molecule has 3 atom stereocenters. The largest absolute Gasteiger partial charge is 0.493 e. The summed E-state index contributed by atoms with van der Waals surface area (Å²) in [4.78, 5) is 40.0. The molecule has 1 aliphatic heterocycles. The van der Waals surface area contributed by atoms with E-state index in [-0.39, 0.29) is 11.8 Å². The summed E-state index contributed by atoms with van der Waals surface area (Å²) in [6, 6.07) is 11.2. The molecule has 1 saturated heterocycles. The molecule has 2 aromatic carbocycles. The van der Waals surface area contributed by atoms with Gasteiger partial charge in [-0.3, -0.25) is 4.79 Å². The van der Waals surface area contributed by atoms with Gasteiger partial charge in [0.25, 0.3) is 0 Å². The number of nitrogens with zero attached hydrogens (tertiary/aromatic N) is 1. The highest BCUT2D eigenvalue weighted by Crippen LogP contribution is 2.33. The fourth-order valence-electron chi connectivity index (χ4n) is 6.12. The lowest BCUT2D eigenvalue weighted by Crippen LogP contribution is -2.56. The number of ether oxygens (including phenoxy) is 4. The van der Waals surface area contributed by atoms with Gasteiger partial charge in [0, 0.05) is 6.54 Å². The Balaban J connectivity index is 1.53. The number of aliphatic carboxylic acids is 1. The van der Waals surface area contributed by atoms with Crippen molar-refractivity contribution in [1.82, 2.24) is 4.90 Å². The average molecular weight is 597 g/mol. The standard InChI is InChI=1S/C33H44N2O8/c1-40-28-17-15-22(19-29(28)41-2)14-16-27(24-11-8-12-25(20-24)42-21-30(36)37)43-33(39)26-13-6-7-18-35(26)32(38)31(34)23-9-4-3-5-10-23/h8,11-12,15,17,19-20,23,26-27,31H,3-7,9-10,13-14,16,18,21,34H2,1-2H3,(H,36,37)/t26-,27?,31?/m0/s1. The minimum Gasteiger partial charge on any atom is -0.493 e. The number of aryl methyl sites for hydroxylation is 1. The lowest BCUT2D eigenvalue weighted by atomic mass is 9.83. The van der Waals surface area contributed by atoms with Crippen LogP contribution in [0.2, 0.25) is 0 Å². The van der Waals surface area contributed by atoms with Gasteiger partial charge in [0.1, 0.15) is 17.9 Å². The molecule has 2 aromatic rings. The second kappa shape index (κ2) is 15.6. The molecule has 0 spiro atoms. The summed E-state index contributed by atoms with van der Waals surface area (Å²) in [5.41, 5.74) is 8.12. The zero-order valence-electron chi connectivity index (χ0n) is 25.2. The van der Waals surface area contributed by atoms with Crippen LogP contribution in [0.25, 0.3) is 0 Å². The number of amides is 1. The van der Waals surface area contributed by atoms with Crippen LogP contribution in [0.5, 0.6) is 17.2 Å². The van der Waals surface area contributed by atoms with E-state index in [1.165, 1.54) is 6.42 Å². The Morgan fingerprint density at radius 3 is 2.42 bits per heavy atom. The second-order valence-electron chi connectivity index (χ2n) is 11.4. The number of hydrogen-bond donors (Lipinski definition) is 2. The Morgan fingerprint density at radius 1 is 0.953 bits per heavy atom. The molecule has 10 heteroatoms. The minimum atomic E-state index is -1.09. The molecule has 0 bridgehead atoms. The van der Waals surface area contributed by atoms with Crippen molar-refractivity contribution in [3.05, 3.63) is 53.6 Å². The molecular weight excluding hydrogens is 552 g/mol. The maximum absolute atomic E-state index is 13.8. The molecule has 4 rings (SSSR count). The second-order valence-corrected chi connectivity index (χ2v) is 11.4. The molecule has 43 heavy (non-hydrogen) atoms. The molecule has 0 aromatic heterocycles. The smallest absolute Gasteiger partial charge is 0.341 e. The summed E-state index contributed by atoms with van der Waals surface area (Å²) >= 11 is 0. The highest BCUT2D eigenvalue weighted by atomic mass is 16.5. The topological polar surface area (TPSA) is 138 Å². The molecule has 234 valence electrons. The molecule has 1 amide bonds. The summed E-state index contributed by atoms with van der Waals surface area (Å²) in [5.74, 6) is 0.00443. The van der Waals surface area contributed by atoms with E-state index in [2.05, 4.69) is 0 Å². The summed E-state index contributed by atoms with van der Waals surface area (Å²) in [6.07, 6.45) is 7.68. The number of carbonyl (C=O) groups excluding carboxylic acids is 2. The van der Waals surface area contributed by atoms with E-state index < -0.39 is 36.7 Å². The molecule has 10 nitrogen and oxygen atoms in total. The number of rotatable bonds is 13. The highest BCUT2D eigenvalue weighted by molar-refractivity contribution is 5.88. The van der Waals surface area contributed by atoms with Gasteiger partial charge < -0.3 is 34.7 Å². The highest BCUT2D eigenvalue weighted by Gasteiger charge is 2.38. The van der Waals surface area contributed by atoms with Gasteiger partial charge in [-0.2, -0.15) is 0 Å². The van der Waals surface area contributed by atoms with Crippen molar-refractivity contribution < 1.29 is 38.4 Å². The first-order valence-corrected chi connectivity index (χ1v) is 15.2. The first kappa shape index (κ1) is 32.1. The third-order valence-corrected chi connectivity index (χ3v) is 8.49. The van der Waals surface area contributed by atoms with Crippen LogP contribution in [0, 0.1) is 5.92 Å². The zero-order chi connectivity index (χ0) is 30.8. The summed E-state index contributed by atoms with van der Waals surface area (Å²) < 4.78 is 22.4. The van der Waals surface area contributed by atoms with Gasteiger partial charge >= 0.3 is 11.9 Å². The number of methoxy groups -OCH3 is 2. The maximum atomic E-state index is 13.8. The number of carboxylic acids is 1. The Kier molecular flexibility index (Phi) is 11.7. The zero-order valence-corrected chi connectivity index (χ0v) is 25.2. The number of carboxylic acid groups (broad SMARTS) is 1. The predicted molar refractivity (Wildman–Crippen MR) is 160 cm³/mol. The predicted octanol–water partition coefficient (Wildman–Crippen LogP) is 4.67. The van der Waals surface area contributed by atoms with E-state index in [1.54, 1.807) is 37.3 Å². The van der Waals surface area contributed by atoms with Gasteiger partial charge in [0.15, 0.2) is 18.1 Å². The van der Waals surface area contributed by atoms with Crippen LogP contribution in [0.3, 0.4) is 0 Å². The fraction of sp³-hybridized carbons (Fsp3) is 0.545. The third kappa shape index (κ3) is 8.63. The first-order valence-electron chi connectivity index (χ1n) is 15.2. The minimum absolute atomic E-state index is 0.141. The monoisotopic (exact) mass is 596 g/mol. The van der Waals surface area contributed by atoms with Crippen LogP contribution in [0.4, 0.5) is 0 Å². The van der Waals surface area contributed by atoms with Crippen molar-refractivity contribution in [1.29, 1.82) is 0 Å². The molecule has 2 fully saturated rings. The van der Waals surface area contributed by atoms with Gasteiger partial charge in [-0.15, -0.1) is 0 Å². The van der Waals surface area contributed by atoms with E-state index in [9.17, 15) is 14.4 Å². The van der Waals surface area contributed by atoms with Crippen molar-refractivity contribution >= 4 is 17.8 Å². The van der Waals surface area contributed by atoms with E-state index in [4.69, 9.17) is 29.8 Å². The van der Waals surface area contributed by atoms with Gasteiger partial charge in [0.2, 0.25) is 5.91 Å². The van der Waals surface area contributed by atoms with Crippen LogP contribution >= 0.6 is 0 Å². The molecular formula is C33H44N2O8. The van der Waals surface area contributed by atoms with Gasteiger partial charge in [-0.1, -0.05) is 37.5 Å². The Bertz CT molecular complexity index is 1250. The van der Waals surface area contributed by atoms with Crippen molar-refractivity contribution in [3.8, 4) is 17.2 Å². The van der Waals surface area contributed by atoms with Crippen LogP contribution < -0.4 is 19.9 Å². The molecule has 2 unspecified atom stereocenters. The number of carbonyl (C=O) groups is 3. The Morgan fingerprint density at radius 2 is 1.70 bits per heavy atom. The van der Waals surface area contributed by atoms with Crippen LogP contribution in [0.1, 0.15) is 75.0 Å². The number of benzene rings is 2. The van der Waals surface area contributed by atoms with Crippen molar-refractivity contribution in [3.63, 3.8) is 0 Å². The molecule has 3 N–H and O–H groups in total. The Hall–Kier alpha value is -3.79. The van der Waals surface area contributed by atoms with Crippen LogP contribution in [-0.2, 0) is 25.5 Å². The fourth-order valence-corrected chi connectivity index (χ4v) is 6.12. The summed E-state index contributed by atoms with van der Waals surface area (Å²) in [5, 5.41) is 9.04. The number of hydrogen-bond acceptors (Lipinski definition) is 8. The maximum Gasteiger partial charge on any atom is 0.341 e. The van der Waals surface area contributed by atoms with Crippen molar-refractivity contribution in [2.45, 2.75) is 82.4 Å². The number of nitrogens with two attached hydrogens (primary N) is 1. The molecule has 1 aliphatic carbocycles. The third-order valence-electron chi connectivity index (χ3n) is 8.49. The normalized spacial score (nSPS) is 18.8. The van der Waals surface area contributed by atoms with Gasteiger partial charge in [-0.25, -0.2) is 9.59 Å². The van der Waals surface area contributed by atoms with Crippen molar-refractivity contribution in [2.24, 2.45) is 11.7 Å². The molecule has 1 heterocycles.